The van der Waals surface area contributed by atoms with E-state index in [9.17, 15) is 9.59 Å². The molecule has 23 heavy (non-hydrogen) atoms. The van der Waals surface area contributed by atoms with Crippen molar-refractivity contribution in [3.8, 4) is 0 Å². The van der Waals surface area contributed by atoms with Crippen molar-refractivity contribution in [2.24, 2.45) is 7.05 Å². The van der Waals surface area contributed by atoms with E-state index in [1.807, 2.05) is 32.6 Å². The predicted octanol–water partition coefficient (Wildman–Crippen LogP) is 0.561. The van der Waals surface area contributed by atoms with E-state index >= 15 is 0 Å². The molecule has 0 radical (unpaired) electrons. The first kappa shape index (κ1) is 18.9. The molecule has 1 aromatic heterocycles. The zero-order chi connectivity index (χ0) is 17.6. The number of aryl methyl sites for hydroxylation is 2. The summed E-state index contributed by atoms with van der Waals surface area (Å²) in [5.74, 6) is -0.142. The van der Waals surface area contributed by atoms with E-state index in [4.69, 9.17) is 9.90 Å². The lowest BCUT2D eigenvalue weighted by Crippen LogP contribution is -2.48. The highest BCUT2D eigenvalue weighted by Crippen LogP contribution is 2.15. The van der Waals surface area contributed by atoms with Gasteiger partial charge in [0.15, 0.2) is 5.43 Å². The minimum Gasteiger partial charge on any atom is -0.483 e. The van der Waals surface area contributed by atoms with Crippen LogP contribution in [0.4, 0.5) is 0 Å². The number of likely N-dealkylation sites (tertiary alicyclic amines) is 1. The van der Waals surface area contributed by atoms with Gasteiger partial charge in [-0.05, 0) is 33.9 Å². The molecule has 1 aromatic rings. The molecule has 0 saturated carbocycles. The van der Waals surface area contributed by atoms with E-state index in [-0.39, 0.29) is 23.4 Å². The molecule has 0 aromatic carbocycles. The third-order valence-corrected chi connectivity index (χ3v) is 4.13. The monoisotopic (exact) mass is 323 g/mol. The van der Waals surface area contributed by atoms with Crippen molar-refractivity contribution in [1.82, 2.24) is 14.4 Å². The second kappa shape index (κ2) is 8.47. The molecule has 128 valence electrons. The number of carboxylic acid groups (broad SMARTS) is 1. The van der Waals surface area contributed by atoms with Gasteiger partial charge < -0.3 is 19.5 Å². The maximum Gasteiger partial charge on any atom is 0.290 e. The summed E-state index contributed by atoms with van der Waals surface area (Å²) in [5.41, 5.74) is 0.950. The van der Waals surface area contributed by atoms with Gasteiger partial charge in [-0.1, -0.05) is 0 Å². The Morgan fingerprint density at radius 2 is 2.04 bits per heavy atom. The summed E-state index contributed by atoms with van der Waals surface area (Å²) < 4.78 is 1.82. The van der Waals surface area contributed by atoms with Gasteiger partial charge in [0.2, 0.25) is 0 Å². The topological polar surface area (TPSA) is 82.9 Å². The Bertz CT molecular complexity index is 610. The van der Waals surface area contributed by atoms with Crippen LogP contribution in [0, 0.1) is 6.92 Å². The van der Waals surface area contributed by atoms with Crippen molar-refractivity contribution in [1.29, 1.82) is 0 Å². The van der Waals surface area contributed by atoms with Crippen molar-refractivity contribution in [3.63, 3.8) is 0 Å². The molecular formula is C16H25N3O4. The van der Waals surface area contributed by atoms with Crippen LogP contribution in [0.25, 0.3) is 0 Å². The fraction of sp³-hybridized carbons (Fsp3) is 0.562. The van der Waals surface area contributed by atoms with Crippen LogP contribution in [0.5, 0.6) is 0 Å². The minimum atomic E-state index is -0.250. The Morgan fingerprint density at radius 3 is 2.61 bits per heavy atom. The van der Waals surface area contributed by atoms with E-state index in [1.165, 1.54) is 6.07 Å². The van der Waals surface area contributed by atoms with Crippen LogP contribution in [0.15, 0.2) is 17.1 Å². The van der Waals surface area contributed by atoms with Crippen LogP contribution >= 0.6 is 0 Å². The van der Waals surface area contributed by atoms with Gasteiger partial charge >= 0.3 is 0 Å². The highest BCUT2D eigenvalue weighted by atomic mass is 16.3. The molecule has 1 unspecified atom stereocenters. The molecule has 7 nitrogen and oxygen atoms in total. The number of carbonyl (C=O) groups excluding carboxylic acids is 1. The Labute approximate surface area is 136 Å². The van der Waals surface area contributed by atoms with Crippen LogP contribution in [0.3, 0.4) is 0 Å². The molecule has 1 N–H and O–H groups in total. The summed E-state index contributed by atoms with van der Waals surface area (Å²) >= 11 is 0. The van der Waals surface area contributed by atoms with Crippen LogP contribution in [-0.2, 0) is 11.8 Å². The number of aromatic nitrogens is 1. The molecule has 2 rings (SSSR count). The third-order valence-electron chi connectivity index (χ3n) is 4.13. The standard InChI is InChI=1S/C15H23N3O2.CH2O2/c1-11-8-14(19)13(10-17(11)4)15(20)18-7-5-6-12(9-18)16(2)3;2-1-3/h8,10,12H,5-7,9H2,1-4H3;1H,(H,2,3). The van der Waals surface area contributed by atoms with Crippen LogP contribution in [0.2, 0.25) is 0 Å². The van der Waals surface area contributed by atoms with E-state index in [0.717, 1.165) is 25.1 Å². The molecule has 0 bridgehead atoms. The summed E-state index contributed by atoms with van der Waals surface area (Å²) in [4.78, 5) is 36.9. The van der Waals surface area contributed by atoms with Gasteiger partial charge in [0.05, 0.1) is 0 Å². The third kappa shape index (κ3) is 4.92. The Morgan fingerprint density at radius 1 is 1.43 bits per heavy atom. The fourth-order valence-corrected chi connectivity index (χ4v) is 2.62. The van der Waals surface area contributed by atoms with Gasteiger partial charge in [-0.2, -0.15) is 0 Å². The lowest BCUT2D eigenvalue weighted by molar-refractivity contribution is -0.122. The number of rotatable bonds is 2. The number of hydrogen-bond acceptors (Lipinski definition) is 4. The number of carbonyl (C=O) groups is 2. The highest BCUT2D eigenvalue weighted by Gasteiger charge is 2.26. The summed E-state index contributed by atoms with van der Waals surface area (Å²) in [6.07, 6.45) is 3.74. The number of hydrogen-bond donors (Lipinski definition) is 1. The van der Waals surface area contributed by atoms with E-state index < -0.39 is 0 Å². The SMILES string of the molecule is Cc1cc(=O)c(C(=O)N2CCCC(N(C)C)C2)cn1C.O=CO. The average Bonchev–Trinajstić information content (AvgIpc) is 2.51. The molecule has 1 aliphatic rings. The highest BCUT2D eigenvalue weighted by molar-refractivity contribution is 5.94. The maximum atomic E-state index is 12.5. The van der Waals surface area contributed by atoms with E-state index in [1.54, 1.807) is 11.1 Å². The van der Waals surface area contributed by atoms with Crippen molar-refractivity contribution < 1.29 is 14.7 Å². The zero-order valence-electron chi connectivity index (χ0n) is 14.2. The summed E-state index contributed by atoms with van der Waals surface area (Å²) in [7, 11) is 5.91. The van der Waals surface area contributed by atoms with Gasteiger partial charge in [0.25, 0.3) is 12.4 Å². The van der Waals surface area contributed by atoms with Crippen LogP contribution in [-0.4, -0.2) is 65.1 Å². The number of piperidine rings is 1. The van der Waals surface area contributed by atoms with Crippen molar-refractivity contribution >= 4 is 12.4 Å². The Balaban J connectivity index is 0.000000816. The summed E-state index contributed by atoms with van der Waals surface area (Å²) in [6.45, 7) is 3.04. The van der Waals surface area contributed by atoms with E-state index in [0.29, 0.717) is 12.6 Å². The maximum absolute atomic E-state index is 12.5. The average molecular weight is 323 g/mol. The quantitative estimate of drug-likeness (QED) is 0.804. The molecule has 0 aliphatic carbocycles. The van der Waals surface area contributed by atoms with Gasteiger partial charge in [-0.15, -0.1) is 0 Å². The van der Waals surface area contributed by atoms with Crippen LogP contribution < -0.4 is 5.43 Å². The van der Waals surface area contributed by atoms with Gasteiger partial charge in [0.1, 0.15) is 5.56 Å². The normalized spacial score (nSPS) is 17.4. The van der Waals surface area contributed by atoms with Crippen LogP contribution in [0.1, 0.15) is 28.9 Å². The Kier molecular flexibility index (Phi) is 6.96. The molecule has 1 atom stereocenters. The second-order valence-electron chi connectivity index (χ2n) is 5.92. The molecule has 2 heterocycles. The van der Waals surface area contributed by atoms with Crippen molar-refractivity contribution in [3.05, 3.63) is 33.7 Å². The number of pyridine rings is 1. The molecule has 1 aliphatic heterocycles. The largest absolute Gasteiger partial charge is 0.483 e. The van der Waals surface area contributed by atoms with Gasteiger partial charge in [-0.3, -0.25) is 14.4 Å². The first-order valence-electron chi connectivity index (χ1n) is 7.52. The first-order valence-corrected chi connectivity index (χ1v) is 7.52. The molecular weight excluding hydrogens is 298 g/mol. The lowest BCUT2D eigenvalue weighted by atomic mass is 10.0. The smallest absolute Gasteiger partial charge is 0.290 e. The second-order valence-corrected chi connectivity index (χ2v) is 5.92. The predicted molar refractivity (Wildman–Crippen MR) is 87.7 cm³/mol. The molecule has 0 spiro atoms. The summed E-state index contributed by atoms with van der Waals surface area (Å²) in [6, 6.07) is 1.91. The van der Waals surface area contributed by atoms with Gasteiger partial charge in [-0.25, -0.2) is 0 Å². The van der Waals surface area contributed by atoms with Crippen molar-refractivity contribution in [2.45, 2.75) is 25.8 Å². The van der Waals surface area contributed by atoms with Gasteiger partial charge in [0, 0.05) is 44.1 Å². The first-order chi connectivity index (χ1) is 10.8. The molecule has 1 saturated heterocycles. The zero-order valence-corrected chi connectivity index (χ0v) is 14.2. The Hall–Kier alpha value is -2.15. The number of likely N-dealkylation sites (N-methyl/N-ethyl adjacent to an activating group) is 1. The van der Waals surface area contributed by atoms with Crippen molar-refractivity contribution in [2.75, 3.05) is 27.2 Å². The molecule has 1 fully saturated rings. The molecule has 1 amide bonds. The van der Waals surface area contributed by atoms with E-state index in [2.05, 4.69) is 4.90 Å². The minimum absolute atomic E-state index is 0.142. The fourth-order valence-electron chi connectivity index (χ4n) is 2.62. The molecule has 7 heteroatoms. The number of amides is 1. The number of nitrogens with zero attached hydrogens (tertiary/aromatic N) is 3. The lowest BCUT2D eigenvalue weighted by Gasteiger charge is -2.36. The summed E-state index contributed by atoms with van der Waals surface area (Å²) in [5, 5.41) is 6.89.